The maximum absolute atomic E-state index is 13.1. The average molecular weight is 608 g/mol. The quantitative estimate of drug-likeness (QED) is 0.107. The molecular weight excluding hydrogens is 574 g/mol. The van der Waals surface area contributed by atoms with Crippen molar-refractivity contribution in [2.75, 3.05) is 12.0 Å². The van der Waals surface area contributed by atoms with Crippen LogP contribution in [0.2, 0.25) is 0 Å². The van der Waals surface area contributed by atoms with Crippen molar-refractivity contribution in [2.45, 2.75) is 13.8 Å². The van der Waals surface area contributed by atoms with Gasteiger partial charge in [0.25, 0.3) is 0 Å². The fourth-order valence-electron chi connectivity index (χ4n) is 7.11. The van der Waals surface area contributed by atoms with Crippen molar-refractivity contribution >= 4 is 82.3 Å². The van der Waals surface area contributed by atoms with Gasteiger partial charge >= 0.3 is 0 Å². The third-order valence-electron chi connectivity index (χ3n) is 9.36. The molecular formula is C44H33NO2. The molecule has 0 heterocycles. The lowest BCUT2D eigenvalue weighted by Gasteiger charge is -2.28. The Morgan fingerprint density at radius 1 is 0.489 bits per heavy atom. The van der Waals surface area contributed by atoms with Gasteiger partial charge in [-0.1, -0.05) is 109 Å². The van der Waals surface area contributed by atoms with Gasteiger partial charge in [0, 0.05) is 16.8 Å². The molecule has 0 N–H and O–H groups in total. The van der Waals surface area contributed by atoms with Gasteiger partial charge in [0.2, 0.25) is 0 Å². The lowest BCUT2D eigenvalue weighted by Crippen LogP contribution is -2.11. The SMILES string of the molecule is CO/C(C)=C(\C(C)=O)c1cc2c3ccccc3c(N(c3ccc4ccccc4c3)c3ccc4ccccc4c3)cc2c2ccccc12. The molecule has 0 amide bonds. The number of hydrogen-bond acceptors (Lipinski definition) is 3. The molecule has 0 aliphatic carbocycles. The molecule has 0 saturated carbocycles. The Labute approximate surface area is 273 Å². The Bertz CT molecular complexity index is 2480. The van der Waals surface area contributed by atoms with Gasteiger partial charge in [0.15, 0.2) is 5.78 Å². The molecule has 47 heavy (non-hydrogen) atoms. The molecule has 0 aliphatic rings. The van der Waals surface area contributed by atoms with Crippen LogP contribution in [-0.4, -0.2) is 12.9 Å². The number of ketones is 1. The van der Waals surface area contributed by atoms with Gasteiger partial charge in [-0.05, 0) is 104 Å². The molecule has 0 saturated heterocycles. The fraction of sp³-hybridized carbons (Fsp3) is 0.0682. The predicted molar refractivity (Wildman–Crippen MR) is 199 cm³/mol. The molecule has 0 fully saturated rings. The third-order valence-corrected chi connectivity index (χ3v) is 9.36. The number of benzene rings is 8. The van der Waals surface area contributed by atoms with Gasteiger partial charge in [-0.25, -0.2) is 0 Å². The van der Waals surface area contributed by atoms with E-state index in [9.17, 15) is 4.79 Å². The first-order valence-electron chi connectivity index (χ1n) is 15.9. The summed E-state index contributed by atoms with van der Waals surface area (Å²) in [5.74, 6) is 0.593. The zero-order valence-corrected chi connectivity index (χ0v) is 26.6. The fourth-order valence-corrected chi connectivity index (χ4v) is 7.11. The molecule has 0 aliphatic heterocycles. The number of nitrogens with zero attached hydrogens (tertiary/aromatic N) is 1. The van der Waals surface area contributed by atoms with E-state index in [1.54, 1.807) is 14.0 Å². The smallest absolute Gasteiger partial charge is 0.163 e. The molecule has 0 aromatic heterocycles. The molecule has 3 heteroatoms. The summed E-state index contributed by atoms with van der Waals surface area (Å²) >= 11 is 0. The van der Waals surface area contributed by atoms with Crippen molar-refractivity contribution in [1.82, 2.24) is 0 Å². The number of hydrogen-bond donors (Lipinski definition) is 0. The van der Waals surface area contributed by atoms with Crippen molar-refractivity contribution in [1.29, 1.82) is 0 Å². The van der Waals surface area contributed by atoms with Crippen LogP contribution < -0.4 is 4.90 Å². The largest absolute Gasteiger partial charge is 0.501 e. The van der Waals surface area contributed by atoms with Gasteiger partial charge in [-0.2, -0.15) is 0 Å². The molecule has 8 aromatic rings. The van der Waals surface area contributed by atoms with Crippen LogP contribution in [0.5, 0.6) is 0 Å². The lowest BCUT2D eigenvalue weighted by molar-refractivity contribution is -0.111. The van der Waals surface area contributed by atoms with Crippen LogP contribution in [0.3, 0.4) is 0 Å². The number of methoxy groups -OCH3 is 1. The van der Waals surface area contributed by atoms with E-state index in [1.165, 1.54) is 21.5 Å². The summed E-state index contributed by atoms with van der Waals surface area (Å²) in [6, 6.07) is 51.9. The molecule has 0 atom stereocenters. The summed E-state index contributed by atoms with van der Waals surface area (Å²) in [4.78, 5) is 15.5. The van der Waals surface area contributed by atoms with E-state index in [0.29, 0.717) is 11.3 Å². The van der Waals surface area contributed by atoms with Gasteiger partial charge in [0.05, 0.1) is 18.4 Å². The minimum absolute atomic E-state index is 0.0198. The summed E-state index contributed by atoms with van der Waals surface area (Å²) in [5, 5.41) is 11.4. The van der Waals surface area contributed by atoms with E-state index in [0.717, 1.165) is 54.9 Å². The van der Waals surface area contributed by atoms with Crippen LogP contribution >= 0.6 is 0 Å². The molecule has 0 unspecified atom stereocenters. The Morgan fingerprint density at radius 3 is 1.51 bits per heavy atom. The number of carbonyl (C=O) groups is 1. The zero-order chi connectivity index (χ0) is 32.1. The van der Waals surface area contributed by atoms with Gasteiger partial charge in [-0.3, -0.25) is 4.79 Å². The van der Waals surface area contributed by atoms with E-state index >= 15 is 0 Å². The average Bonchev–Trinajstić information content (AvgIpc) is 3.11. The number of fused-ring (bicyclic) bond motifs is 7. The summed E-state index contributed by atoms with van der Waals surface area (Å²) in [7, 11) is 1.62. The van der Waals surface area contributed by atoms with Crippen LogP contribution in [0, 0.1) is 0 Å². The lowest BCUT2D eigenvalue weighted by atomic mass is 9.88. The maximum atomic E-state index is 13.1. The van der Waals surface area contributed by atoms with Crippen LogP contribution in [0.15, 0.2) is 151 Å². The van der Waals surface area contributed by atoms with Gasteiger partial charge in [-0.15, -0.1) is 0 Å². The van der Waals surface area contributed by atoms with E-state index in [4.69, 9.17) is 4.74 Å². The Kier molecular flexibility index (Phi) is 6.96. The van der Waals surface area contributed by atoms with E-state index in [2.05, 4.69) is 144 Å². The highest BCUT2D eigenvalue weighted by atomic mass is 16.5. The first kappa shape index (κ1) is 28.5. The van der Waals surface area contributed by atoms with Crippen molar-refractivity contribution in [3.05, 3.63) is 157 Å². The van der Waals surface area contributed by atoms with Gasteiger partial charge < -0.3 is 9.64 Å². The summed E-state index contributed by atoms with van der Waals surface area (Å²) in [6.07, 6.45) is 0. The highest BCUT2D eigenvalue weighted by Crippen LogP contribution is 2.46. The summed E-state index contributed by atoms with van der Waals surface area (Å²) < 4.78 is 5.64. The molecule has 0 bridgehead atoms. The molecule has 8 aromatic carbocycles. The minimum Gasteiger partial charge on any atom is -0.501 e. The molecule has 8 rings (SSSR count). The summed E-state index contributed by atoms with van der Waals surface area (Å²) in [5.41, 5.74) is 4.75. The van der Waals surface area contributed by atoms with E-state index in [1.807, 2.05) is 13.0 Å². The van der Waals surface area contributed by atoms with Gasteiger partial charge in [0.1, 0.15) is 5.76 Å². The zero-order valence-electron chi connectivity index (χ0n) is 26.6. The second-order valence-electron chi connectivity index (χ2n) is 12.1. The molecule has 226 valence electrons. The second kappa shape index (κ2) is 11.5. The summed E-state index contributed by atoms with van der Waals surface area (Å²) in [6.45, 7) is 3.48. The van der Waals surface area contributed by atoms with Crippen LogP contribution in [-0.2, 0) is 9.53 Å². The number of anilines is 3. The number of carbonyl (C=O) groups excluding carboxylic acids is 1. The first-order valence-corrected chi connectivity index (χ1v) is 15.9. The first-order chi connectivity index (χ1) is 23.0. The molecule has 0 spiro atoms. The van der Waals surface area contributed by atoms with E-state index in [-0.39, 0.29) is 5.78 Å². The topological polar surface area (TPSA) is 29.5 Å². The number of Topliss-reactive ketones (excluding diaryl/α,β-unsaturated/α-hetero) is 1. The third kappa shape index (κ3) is 4.79. The predicted octanol–water partition coefficient (Wildman–Crippen LogP) is 11.9. The number of ether oxygens (including phenoxy) is 1. The highest BCUT2D eigenvalue weighted by Gasteiger charge is 2.22. The highest BCUT2D eigenvalue weighted by molar-refractivity contribution is 6.29. The Balaban J connectivity index is 1.50. The number of allylic oxidation sites excluding steroid dienone is 2. The van der Waals surface area contributed by atoms with Crippen LogP contribution in [0.25, 0.3) is 59.4 Å². The maximum Gasteiger partial charge on any atom is 0.163 e. The van der Waals surface area contributed by atoms with E-state index < -0.39 is 0 Å². The molecule has 0 radical (unpaired) electrons. The minimum atomic E-state index is -0.0198. The van der Waals surface area contributed by atoms with Crippen molar-refractivity contribution in [2.24, 2.45) is 0 Å². The van der Waals surface area contributed by atoms with Crippen molar-refractivity contribution in [3.8, 4) is 0 Å². The van der Waals surface area contributed by atoms with Crippen LogP contribution in [0.4, 0.5) is 17.1 Å². The molecule has 3 nitrogen and oxygen atoms in total. The second-order valence-corrected chi connectivity index (χ2v) is 12.1. The number of rotatable bonds is 6. The monoisotopic (exact) mass is 607 g/mol. The van der Waals surface area contributed by atoms with Crippen LogP contribution in [0.1, 0.15) is 19.4 Å². The normalized spacial score (nSPS) is 12.1. The Hall–Kier alpha value is -5.93. The Morgan fingerprint density at radius 2 is 0.957 bits per heavy atom. The van der Waals surface area contributed by atoms with Crippen molar-refractivity contribution < 1.29 is 9.53 Å². The van der Waals surface area contributed by atoms with Crippen molar-refractivity contribution in [3.63, 3.8) is 0 Å². The standard InChI is InChI=1S/C44H33NO2/c1-28(46)44(29(2)47-3)42-26-40-38-18-10-11-19-39(38)43(27-41(40)36-16-8-9-17-37(36)42)45(34-22-20-30-12-4-6-14-32(30)24-34)35-23-21-31-13-5-7-15-33(31)25-35/h4-27H,1-3H3/b44-29+.